The second-order valence-corrected chi connectivity index (χ2v) is 5.95. The molecule has 2 rings (SSSR count). The third kappa shape index (κ3) is 4.54. The number of alkyl halides is 6. The Balaban J connectivity index is 2.58. The van der Waals surface area contributed by atoms with Crippen molar-refractivity contribution in [2.75, 3.05) is 6.61 Å². The molecule has 0 aliphatic heterocycles. The second kappa shape index (κ2) is 7.16. The van der Waals surface area contributed by atoms with E-state index in [1.807, 2.05) is 0 Å². The Hall–Kier alpha value is -1.65. The maximum absolute atomic E-state index is 12.7. The number of ether oxygens (including phenoxy) is 1. The Morgan fingerprint density at radius 2 is 1.54 bits per heavy atom. The maximum Gasteiger partial charge on any atom is 0.422 e. The summed E-state index contributed by atoms with van der Waals surface area (Å²) in [6.45, 7) is -1.82. The first kappa shape index (κ1) is 20.7. The molecule has 0 unspecified atom stereocenters. The number of hydrogen-bond acceptors (Lipinski definition) is 3. The van der Waals surface area contributed by atoms with Crippen LogP contribution < -0.4 is 10.3 Å². The minimum Gasteiger partial charge on any atom is -0.477 e. The highest BCUT2D eigenvalue weighted by Crippen LogP contribution is 2.37. The molecule has 1 aromatic heterocycles. The zero-order valence-electron chi connectivity index (χ0n) is 12.1. The number of halogens is 9. The van der Waals surface area contributed by atoms with Crippen LogP contribution in [-0.2, 0) is 6.18 Å². The highest BCUT2D eigenvalue weighted by atomic mass is 35.5. The van der Waals surface area contributed by atoms with Crippen molar-refractivity contribution in [3.05, 3.63) is 49.3 Å². The fourth-order valence-electron chi connectivity index (χ4n) is 1.79. The van der Waals surface area contributed by atoms with Crippen molar-refractivity contribution in [2.45, 2.75) is 12.4 Å². The van der Waals surface area contributed by atoms with Crippen LogP contribution in [0.4, 0.5) is 26.3 Å². The van der Waals surface area contributed by atoms with E-state index in [-0.39, 0.29) is 0 Å². The number of aromatic nitrogens is 2. The van der Waals surface area contributed by atoms with Gasteiger partial charge in [0.05, 0.1) is 21.8 Å². The van der Waals surface area contributed by atoms with Gasteiger partial charge in [-0.25, -0.2) is 0 Å². The molecule has 0 N–H and O–H groups in total. The van der Waals surface area contributed by atoms with Crippen molar-refractivity contribution in [1.82, 2.24) is 9.78 Å². The fourth-order valence-corrected chi connectivity index (χ4v) is 2.62. The zero-order chi connectivity index (χ0) is 19.9. The minimum absolute atomic E-state index is 0.391. The van der Waals surface area contributed by atoms with Crippen molar-refractivity contribution in [3.8, 4) is 11.4 Å². The van der Waals surface area contributed by atoms with Gasteiger partial charge in [-0.3, -0.25) is 4.79 Å². The van der Waals surface area contributed by atoms with Gasteiger partial charge in [-0.1, -0.05) is 34.8 Å². The molecule has 13 heteroatoms. The van der Waals surface area contributed by atoms with E-state index < -0.39 is 56.6 Å². The molecule has 0 fully saturated rings. The quantitative estimate of drug-likeness (QED) is 0.619. The Bertz CT molecular complexity index is 872. The topological polar surface area (TPSA) is 44.1 Å². The first-order chi connectivity index (χ1) is 11.8. The molecule has 4 nitrogen and oxygen atoms in total. The maximum atomic E-state index is 12.7. The molecule has 0 bridgehead atoms. The summed E-state index contributed by atoms with van der Waals surface area (Å²) in [6, 6.07) is 0.976. The second-order valence-electron chi connectivity index (χ2n) is 4.73. The highest BCUT2D eigenvalue weighted by Gasteiger charge is 2.33. The van der Waals surface area contributed by atoms with Crippen LogP contribution in [0.3, 0.4) is 0 Å². The molecule has 0 atom stereocenters. The molecule has 0 aliphatic rings. The van der Waals surface area contributed by atoms with E-state index in [2.05, 4.69) is 9.84 Å². The molecule has 0 saturated heterocycles. The first-order valence-electron chi connectivity index (χ1n) is 6.35. The third-order valence-electron chi connectivity index (χ3n) is 2.83. The van der Waals surface area contributed by atoms with Gasteiger partial charge in [0.15, 0.2) is 6.61 Å². The smallest absolute Gasteiger partial charge is 0.422 e. The number of rotatable bonds is 3. The highest BCUT2D eigenvalue weighted by molar-refractivity contribution is 6.38. The average molecular weight is 442 g/mol. The third-order valence-corrected chi connectivity index (χ3v) is 3.67. The van der Waals surface area contributed by atoms with Crippen LogP contribution in [0.1, 0.15) is 5.56 Å². The number of hydrogen-bond donors (Lipinski definition) is 0. The van der Waals surface area contributed by atoms with E-state index in [0.717, 1.165) is 6.20 Å². The summed E-state index contributed by atoms with van der Waals surface area (Å²) in [4.78, 5) is 12.3. The van der Waals surface area contributed by atoms with Gasteiger partial charge in [-0.05, 0) is 12.1 Å². The van der Waals surface area contributed by atoms with Crippen LogP contribution >= 0.6 is 34.8 Å². The molecule has 0 aliphatic carbocycles. The molecular formula is C13H5Cl3F6N2O2. The SMILES string of the molecule is O=c1c(OCC(F)(F)F)c(Cl)cnn1-c1c(Cl)cc(C(F)(F)F)cc1Cl. The van der Waals surface area contributed by atoms with E-state index >= 15 is 0 Å². The summed E-state index contributed by atoms with van der Waals surface area (Å²) in [5, 5.41) is 1.78. The van der Waals surface area contributed by atoms with Crippen molar-refractivity contribution in [3.63, 3.8) is 0 Å². The molecule has 0 radical (unpaired) electrons. The monoisotopic (exact) mass is 440 g/mol. The summed E-state index contributed by atoms with van der Waals surface area (Å²) in [7, 11) is 0. The van der Waals surface area contributed by atoms with Gasteiger partial charge in [0.25, 0.3) is 0 Å². The van der Waals surface area contributed by atoms with Crippen molar-refractivity contribution >= 4 is 34.8 Å². The van der Waals surface area contributed by atoms with Crippen LogP contribution in [0.5, 0.6) is 5.75 Å². The summed E-state index contributed by atoms with van der Waals surface area (Å²) < 4.78 is 79.8. The molecular weight excluding hydrogens is 437 g/mol. The zero-order valence-corrected chi connectivity index (χ0v) is 14.3. The van der Waals surface area contributed by atoms with Crippen LogP contribution in [0.2, 0.25) is 15.1 Å². The first-order valence-corrected chi connectivity index (χ1v) is 7.48. The summed E-state index contributed by atoms with van der Waals surface area (Å²) in [5.74, 6) is -0.911. The van der Waals surface area contributed by atoms with E-state index in [1.165, 1.54) is 0 Å². The lowest BCUT2D eigenvalue weighted by Gasteiger charge is -2.15. The summed E-state index contributed by atoms with van der Waals surface area (Å²) in [5.41, 5.74) is -2.95. The molecule has 0 saturated carbocycles. The standard InChI is InChI=1S/C13H5Cl3F6N2O2/c14-6-1-5(13(20,21)22)2-7(15)9(6)24-11(25)10(8(16)3-23-24)26-4-12(17,18)19/h1-3H,4H2. The predicted octanol–water partition coefficient (Wildman–Crippen LogP) is 5.15. The molecule has 142 valence electrons. The lowest BCUT2D eigenvalue weighted by atomic mass is 10.2. The van der Waals surface area contributed by atoms with Gasteiger partial charge in [-0.2, -0.15) is 36.1 Å². The Morgan fingerprint density at radius 3 is 2.00 bits per heavy atom. The number of benzene rings is 1. The van der Waals surface area contributed by atoms with Gasteiger partial charge < -0.3 is 4.74 Å². The lowest BCUT2D eigenvalue weighted by Crippen LogP contribution is -2.27. The Morgan fingerprint density at radius 1 is 1.00 bits per heavy atom. The van der Waals surface area contributed by atoms with Crippen molar-refractivity contribution in [1.29, 1.82) is 0 Å². The van der Waals surface area contributed by atoms with Crippen LogP contribution in [0, 0.1) is 0 Å². The molecule has 0 amide bonds. The molecule has 26 heavy (non-hydrogen) atoms. The summed E-state index contributed by atoms with van der Waals surface area (Å²) >= 11 is 17.1. The van der Waals surface area contributed by atoms with Crippen LogP contribution in [0.25, 0.3) is 5.69 Å². The van der Waals surface area contributed by atoms with Gasteiger partial charge in [0.2, 0.25) is 5.75 Å². The summed E-state index contributed by atoms with van der Waals surface area (Å²) in [6.07, 6.45) is -8.75. The van der Waals surface area contributed by atoms with E-state index in [4.69, 9.17) is 34.8 Å². The largest absolute Gasteiger partial charge is 0.477 e. The number of nitrogens with zero attached hydrogens (tertiary/aromatic N) is 2. The van der Waals surface area contributed by atoms with E-state index in [1.54, 1.807) is 0 Å². The molecule has 1 aromatic carbocycles. The molecule has 2 aromatic rings. The lowest BCUT2D eigenvalue weighted by molar-refractivity contribution is -0.153. The fraction of sp³-hybridized carbons (Fsp3) is 0.231. The van der Waals surface area contributed by atoms with Crippen LogP contribution in [-0.4, -0.2) is 22.6 Å². The Kier molecular flexibility index (Phi) is 5.69. The normalized spacial score (nSPS) is 12.3. The van der Waals surface area contributed by atoms with E-state index in [9.17, 15) is 31.1 Å². The molecule has 0 spiro atoms. The van der Waals surface area contributed by atoms with Crippen molar-refractivity contribution in [2.24, 2.45) is 0 Å². The van der Waals surface area contributed by atoms with Gasteiger partial charge in [-0.15, -0.1) is 0 Å². The predicted molar refractivity (Wildman–Crippen MR) is 81.4 cm³/mol. The van der Waals surface area contributed by atoms with Gasteiger partial charge in [0.1, 0.15) is 10.7 Å². The van der Waals surface area contributed by atoms with E-state index in [0.29, 0.717) is 16.8 Å². The van der Waals surface area contributed by atoms with Crippen LogP contribution in [0.15, 0.2) is 23.1 Å². The van der Waals surface area contributed by atoms with Gasteiger partial charge >= 0.3 is 17.9 Å². The minimum atomic E-state index is -4.76. The van der Waals surface area contributed by atoms with Gasteiger partial charge in [0, 0.05) is 0 Å². The van der Waals surface area contributed by atoms with Crippen molar-refractivity contribution < 1.29 is 31.1 Å². The Labute approximate surface area is 155 Å². The average Bonchev–Trinajstić information content (AvgIpc) is 2.46. The molecule has 1 heterocycles.